The molecule has 0 atom stereocenters. The van der Waals surface area contributed by atoms with Crippen molar-refractivity contribution in [1.82, 2.24) is 0 Å². The summed E-state index contributed by atoms with van der Waals surface area (Å²) in [4.78, 5) is 17.8. The average molecular weight is 728 g/mol. The highest BCUT2D eigenvalue weighted by molar-refractivity contribution is 6.42. The second kappa shape index (κ2) is 21.4. The first-order chi connectivity index (χ1) is 24.2. The summed E-state index contributed by atoms with van der Waals surface area (Å²) in [5.74, 6) is 0.270. The van der Waals surface area contributed by atoms with Crippen LogP contribution in [0.25, 0.3) is 0 Å². The van der Waals surface area contributed by atoms with Crippen LogP contribution in [0.3, 0.4) is 0 Å². The van der Waals surface area contributed by atoms with Crippen molar-refractivity contribution in [3.8, 4) is 0 Å². The molecule has 0 spiro atoms. The Morgan fingerprint density at radius 3 is 0.920 bits per heavy atom. The fraction of sp³-hybridized carbons (Fsp3) is 0.659. The zero-order valence-electron chi connectivity index (χ0n) is 32.7. The molecule has 50 heavy (non-hydrogen) atoms. The standard InChI is InChI=1S/C44H68Cl2N2O2/c1-9-19-31(20-10-2)35-27-17-28-36(32(21-11-3)22-12-4)39(35)47-41(45)42(46)48(43(47)44(49)50)40-37(33(23-13-5)24-14-6)29-18-30-38(40)34(25-15-7)26-16-8/h17-18,27-34,43H,9-16,19-26H2,1-8H3,(H,49,50). The van der Waals surface area contributed by atoms with Crippen LogP contribution in [0.2, 0.25) is 0 Å². The summed E-state index contributed by atoms with van der Waals surface area (Å²) in [5, 5.41) is 12.1. The number of carboxylic acids is 1. The summed E-state index contributed by atoms with van der Waals surface area (Å²) in [7, 11) is 0. The highest BCUT2D eigenvalue weighted by atomic mass is 35.5. The van der Waals surface area contributed by atoms with E-state index >= 15 is 0 Å². The maximum absolute atomic E-state index is 14.0. The van der Waals surface area contributed by atoms with Crippen LogP contribution in [0, 0.1) is 0 Å². The minimum absolute atomic E-state index is 0.301. The van der Waals surface area contributed by atoms with E-state index in [1.165, 1.54) is 22.3 Å². The average Bonchev–Trinajstić information content (AvgIpc) is 3.36. The maximum atomic E-state index is 14.0. The summed E-state index contributed by atoms with van der Waals surface area (Å²) in [6.45, 7) is 18.0. The third-order valence-corrected chi connectivity index (χ3v) is 11.7. The van der Waals surface area contributed by atoms with Gasteiger partial charge in [-0.2, -0.15) is 0 Å². The largest absolute Gasteiger partial charge is 0.478 e. The number of carbonyl (C=O) groups is 1. The van der Waals surface area contributed by atoms with Crippen molar-refractivity contribution >= 4 is 40.5 Å². The molecule has 0 unspecified atom stereocenters. The summed E-state index contributed by atoms with van der Waals surface area (Å²) >= 11 is 15.0. The smallest absolute Gasteiger partial charge is 0.348 e. The second-order valence-electron chi connectivity index (χ2n) is 14.7. The van der Waals surface area contributed by atoms with Crippen LogP contribution in [0.15, 0.2) is 46.7 Å². The maximum Gasteiger partial charge on any atom is 0.348 e. The lowest BCUT2D eigenvalue weighted by atomic mass is 9.82. The topological polar surface area (TPSA) is 43.8 Å². The number of hydrogen-bond acceptors (Lipinski definition) is 3. The van der Waals surface area contributed by atoms with Gasteiger partial charge < -0.3 is 5.11 Å². The normalized spacial score (nSPS) is 14.1. The van der Waals surface area contributed by atoms with Crippen molar-refractivity contribution in [2.45, 2.75) is 188 Å². The number of hydrogen-bond donors (Lipinski definition) is 1. The number of para-hydroxylation sites is 2. The molecule has 6 heteroatoms. The molecule has 0 aliphatic carbocycles. The predicted molar refractivity (Wildman–Crippen MR) is 218 cm³/mol. The van der Waals surface area contributed by atoms with Crippen molar-refractivity contribution < 1.29 is 9.90 Å². The summed E-state index contributed by atoms with van der Waals surface area (Å²) < 4.78 is 0. The lowest BCUT2D eigenvalue weighted by Gasteiger charge is -2.38. The molecule has 0 amide bonds. The molecular weight excluding hydrogens is 659 g/mol. The van der Waals surface area contributed by atoms with Crippen molar-refractivity contribution in [3.63, 3.8) is 0 Å². The van der Waals surface area contributed by atoms with Gasteiger partial charge in [-0.25, -0.2) is 4.79 Å². The Kier molecular flexibility index (Phi) is 18.1. The summed E-state index contributed by atoms with van der Waals surface area (Å²) in [6.07, 6.45) is 15.7. The van der Waals surface area contributed by atoms with Gasteiger partial charge in [-0.15, -0.1) is 0 Å². The lowest BCUT2D eigenvalue weighted by Crippen LogP contribution is -2.48. The van der Waals surface area contributed by atoms with Gasteiger partial charge in [-0.3, -0.25) is 9.80 Å². The van der Waals surface area contributed by atoms with E-state index in [0.717, 1.165) is 114 Å². The van der Waals surface area contributed by atoms with Crippen LogP contribution in [0.5, 0.6) is 0 Å². The lowest BCUT2D eigenvalue weighted by molar-refractivity contribution is -0.138. The molecule has 280 valence electrons. The van der Waals surface area contributed by atoms with Crippen LogP contribution in [0.4, 0.5) is 11.4 Å². The van der Waals surface area contributed by atoms with E-state index in [1.54, 1.807) is 0 Å². The van der Waals surface area contributed by atoms with Gasteiger partial charge in [0, 0.05) is 0 Å². The van der Waals surface area contributed by atoms with E-state index < -0.39 is 12.1 Å². The molecule has 0 bridgehead atoms. The van der Waals surface area contributed by atoms with Gasteiger partial charge >= 0.3 is 5.97 Å². The monoisotopic (exact) mass is 726 g/mol. The number of carboxylic acid groups (broad SMARTS) is 1. The Hall–Kier alpha value is -2.17. The van der Waals surface area contributed by atoms with Gasteiger partial charge in [-0.05, 0) is 97.3 Å². The number of anilines is 2. The Morgan fingerprint density at radius 1 is 0.520 bits per heavy atom. The zero-order valence-corrected chi connectivity index (χ0v) is 34.2. The molecule has 0 saturated carbocycles. The van der Waals surface area contributed by atoms with Gasteiger partial charge in [0.25, 0.3) is 0 Å². The van der Waals surface area contributed by atoms with Crippen LogP contribution < -0.4 is 9.80 Å². The van der Waals surface area contributed by atoms with E-state index in [0.29, 0.717) is 34.0 Å². The van der Waals surface area contributed by atoms with E-state index in [9.17, 15) is 9.90 Å². The highest BCUT2D eigenvalue weighted by Gasteiger charge is 2.47. The van der Waals surface area contributed by atoms with Gasteiger partial charge in [0.1, 0.15) is 10.3 Å². The molecule has 2 aromatic rings. The van der Waals surface area contributed by atoms with Crippen molar-refractivity contribution in [1.29, 1.82) is 0 Å². The molecule has 0 saturated heterocycles. The Labute approximate surface area is 316 Å². The number of aliphatic carboxylic acids is 1. The Bertz CT molecular complexity index is 1190. The van der Waals surface area contributed by atoms with Crippen molar-refractivity contribution in [2.24, 2.45) is 0 Å². The third kappa shape index (κ3) is 9.62. The van der Waals surface area contributed by atoms with Gasteiger partial charge in [0.15, 0.2) is 0 Å². The Morgan fingerprint density at radius 2 is 0.740 bits per heavy atom. The molecule has 1 aliphatic heterocycles. The molecule has 0 radical (unpaired) electrons. The van der Waals surface area contributed by atoms with Crippen LogP contribution in [-0.2, 0) is 4.79 Å². The minimum Gasteiger partial charge on any atom is -0.478 e. The molecule has 0 aromatic heterocycles. The van der Waals surface area contributed by atoms with E-state index in [4.69, 9.17) is 23.2 Å². The second-order valence-corrected chi connectivity index (χ2v) is 15.4. The highest BCUT2D eigenvalue weighted by Crippen LogP contribution is 2.52. The molecule has 1 N–H and O–H groups in total. The fourth-order valence-corrected chi connectivity index (χ4v) is 9.37. The molecule has 3 rings (SSSR count). The molecular formula is C44H68Cl2N2O2. The summed E-state index contributed by atoms with van der Waals surface area (Å²) in [6, 6.07) is 13.3. The summed E-state index contributed by atoms with van der Waals surface area (Å²) in [5.41, 5.74) is 6.77. The fourth-order valence-electron chi connectivity index (χ4n) is 8.83. The third-order valence-electron chi connectivity index (χ3n) is 10.8. The molecule has 0 fully saturated rings. The van der Waals surface area contributed by atoms with Crippen LogP contribution in [-0.4, -0.2) is 17.2 Å². The van der Waals surface area contributed by atoms with Gasteiger partial charge in [0.05, 0.1) is 11.4 Å². The van der Waals surface area contributed by atoms with Crippen LogP contribution >= 0.6 is 23.2 Å². The number of rotatable bonds is 23. The van der Waals surface area contributed by atoms with E-state index in [1.807, 2.05) is 9.80 Å². The first-order valence-corrected chi connectivity index (χ1v) is 21.1. The number of nitrogens with zero attached hydrogens (tertiary/aromatic N) is 2. The minimum atomic E-state index is -1.10. The van der Waals surface area contributed by atoms with Gasteiger partial charge in [-0.1, -0.05) is 166 Å². The first kappa shape index (κ1) is 42.2. The molecule has 4 nitrogen and oxygen atoms in total. The first-order valence-electron chi connectivity index (χ1n) is 20.3. The predicted octanol–water partition coefficient (Wildman–Crippen LogP) is 14.8. The molecule has 2 aromatic carbocycles. The number of halogens is 2. The molecule has 1 aliphatic rings. The Balaban J connectivity index is 2.48. The van der Waals surface area contributed by atoms with Crippen molar-refractivity contribution in [3.05, 3.63) is 69.0 Å². The molecule has 1 heterocycles. The van der Waals surface area contributed by atoms with E-state index in [-0.39, 0.29) is 0 Å². The quantitative estimate of drug-likeness (QED) is 0.116. The van der Waals surface area contributed by atoms with Crippen molar-refractivity contribution in [2.75, 3.05) is 9.80 Å². The number of benzene rings is 2. The van der Waals surface area contributed by atoms with Crippen LogP contribution in [0.1, 0.15) is 204 Å². The zero-order chi connectivity index (χ0) is 36.8. The SMILES string of the molecule is CCCC(CCC)c1cccc(C(CCC)CCC)c1N1C(Cl)=C(Cl)N(c2c(C(CCC)CCC)cccc2C(CCC)CCC)C1C(=O)O. The van der Waals surface area contributed by atoms with Gasteiger partial charge in [0.2, 0.25) is 6.17 Å². The van der Waals surface area contributed by atoms with E-state index in [2.05, 4.69) is 91.8 Å².